The van der Waals surface area contributed by atoms with Crippen molar-refractivity contribution >= 4 is 23.4 Å². The van der Waals surface area contributed by atoms with Gasteiger partial charge >= 0.3 is 0 Å². The number of hydrogen-bond donors (Lipinski definition) is 3. The van der Waals surface area contributed by atoms with Crippen LogP contribution in [0.3, 0.4) is 0 Å². The Morgan fingerprint density at radius 2 is 1.80 bits per heavy atom. The zero-order valence-corrected chi connectivity index (χ0v) is 16.0. The van der Waals surface area contributed by atoms with Gasteiger partial charge in [-0.25, -0.2) is 4.39 Å². The molecule has 0 aliphatic carbocycles. The molecule has 0 atom stereocenters. The molecule has 0 unspecified atom stereocenters. The predicted octanol–water partition coefficient (Wildman–Crippen LogP) is 2.87. The summed E-state index contributed by atoms with van der Waals surface area (Å²) >= 11 is 0. The lowest BCUT2D eigenvalue weighted by atomic mass is 10.1. The highest BCUT2D eigenvalue weighted by Crippen LogP contribution is 2.25. The molecule has 0 fully saturated rings. The summed E-state index contributed by atoms with van der Waals surface area (Å²) in [5, 5.41) is 5.09. The first kappa shape index (κ1) is 20.8. The first-order chi connectivity index (χ1) is 14.4. The van der Waals surface area contributed by atoms with Crippen LogP contribution in [0.5, 0.6) is 0 Å². The van der Waals surface area contributed by atoms with Gasteiger partial charge in [-0.05, 0) is 42.5 Å². The molecule has 0 aliphatic rings. The zero-order valence-electron chi connectivity index (χ0n) is 16.0. The molecular formula is C22H20FN3O4. The number of nitrogens with one attached hydrogen (secondary N) is 2. The van der Waals surface area contributed by atoms with Crippen molar-refractivity contribution in [2.45, 2.75) is 12.8 Å². The molecule has 0 aliphatic heterocycles. The number of rotatable bonds is 8. The fourth-order valence-corrected chi connectivity index (χ4v) is 2.79. The minimum absolute atomic E-state index is 0.141. The lowest BCUT2D eigenvalue weighted by Crippen LogP contribution is -2.33. The van der Waals surface area contributed by atoms with Gasteiger partial charge in [0.2, 0.25) is 11.8 Å². The quantitative estimate of drug-likeness (QED) is 0.531. The van der Waals surface area contributed by atoms with Gasteiger partial charge in [0, 0.05) is 24.1 Å². The molecule has 8 heteroatoms. The summed E-state index contributed by atoms with van der Waals surface area (Å²) in [5.41, 5.74) is 6.09. The second kappa shape index (κ2) is 9.51. The number of primary amides is 1. The monoisotopic (exact) mass is 409 g/mol. The van der Waals surface area contributed by atoms with Gasteiger partial charge in [-0.15, -0.1) is 0 Å². The molecule has 2 aromatic carbocycles. The SMILES string of the molecule is NC(=O)CNC(=O)c1cccc(NC(=O)CCc2ccc(-c3ccccc3F)o2)c1. The molecule has 4 N–H and O–H groups in total. The van der Waals surface area contributed by atoms with Crippen molar-refractivity contribution in [1.29, 1.82) is 0 Å². The first-order valence-electron chi connectivity index (χ1n) is 9.22. The standard InChI is InChI=1S/C22H20FN3O4/c23-18-7-2-1-6-17(18)19-10-8-16(30-19)9-11-21(28)26-15-5-3-4-14(12-15)22(29)25-13-20(24)27/h1-8,10,12H,9,11,13H2,(H2,24,27)(H,25,29)(H,26,28). The maximum Gasteiger partial charge on any atom is 0.251 e. The van der Waals surface area contributed by atoms with Crippen LogP contribution >= 0.6 is 0 Å². The summed E-state index contributed by atoms with van der Waals surface area (Å²) < 4.78 is 19.5. The molecule has 1 aromatic heterocycles. The van der Waals surface area contributed by atoms with Crippen LogP contribution in [0.4, 0.5) is 10.1 Å². The highest BCUT2D eigenvalue weighted by Gasteiger charge is 2.12. The molecule has 0 saturated heterocycles. The third-order valence-corrected chi connectivity index (χ3v) is 4.23. The van der Waals surface area contributed by atoms with Crippen molar-refractivity contribution < 1.29 is 23.2 Å². The summed E-state index contributed by atoms with van der Waals surface area (Å²) in [6.45, 7) is -0.270. The average molecular weight is 409 g/mol. The molecule has 0 saturated carbocycles. The Labute approximate surface area is 172 Å². The number of aryl methyl sites for hydroxylation is 1. The fraction of sp³-hybridized carbons (Fsp3) is 0.136. The van der Waals surface area contributed by atoms with Crippen LogP contribution in [0, 0.1) is 5.82 Å². The smallest absolute Gasteiger partial charge is 0.251 e. The van der Waals surface area contributed by atoms with Crippen LogP contribution in [0.2, 0.25) is 0 Å². The maximum absolute atomic E-state index is 13.8. The number of halogens is 1. The lowest BCUT2D eigenvalue weighted by molar-refractivity contribution is -0.117. The van der Waals surface area contributed by atoms with Gasteiger partial charge in [0.25, 0.3) is 5.91 Å². The van der Waals surface area contributed by atoms with Crippen molar-refractivity contribution in [3.63, 3.8) is 0 Å². The second-order valence-corrected chi connectivity index (χ2v) is 6.52. The molecule has 3 amide bonds. The van der Waals surface area contributed by atoms with E-state index in [9.17, 15) is 18.8 Å². The Kier molecular flexibility index (Phi) is 6.59. The van der Waals surface area contributed by atoms with Gasteiger partial charge in [-0.2, -0.15) is 0 Å². The molecule has 3 rings (SSSR count). The zero-order chi connectivity index (χ0) is 21.5. The molecule has 1 heterocycles. The van der Waals surface area contributed by atoms with Gasteiger partial charge in [-0.3, -0.25) is 14.4 Å². The average Bonchev–Trinajstić information content (AvgIpc) is 3.20. The number of nitrogens with two attached hydrogens (primary N) is 1. The van der Waals surface area contributed by atoms with Crippen LogP contribution in [0.25, 0.3) is 11.3 Å². The Balaban J connectivity index is 1.55. The topological polar surface area (TPSA) is 114 Å². The molecule has 3 aromatic rings. The maximum atomic E-state index is 13.8. The van der Waals surface area contributed by atoms with E-state index in [-0.39, 0.29) is 30.3 Å². The Hall–Kier alpha value is -3.94. The highest BCUT2D eigenvalue weighted by molar-refractivity contribution is 5.98. The van der Waals surface area contributed by atoms with E-state index in [0.717, 1.165) is 0 Å². The minimum Gasteiger partial charge on any atom is -0.461 e. The van der Waals surface area contributed by atoms with Crippen molar-refractivity contribution in [2.75, 3.05) is 11.9 Å². The van der Waals surface area contributed by atoms with Gasteiger partial charge in [0.1, 0.15) is 17.3 Å². The highest BCUT2D eigenvalue weighted by atomic mass is 19.1. The fourth-order valence-electron chi connectivity index (χ4n) is 2.79. The minimum atomic E-state index is -0.649. The van der Waals surface area contributed by atoms with Gasteiger partial charge in [-0.1, -0.05) is 18.2 Å². The Morgan fingerprint density at radius 3 is 2.57 bits per heavy atom. The molecule has 7 nitrogen and oxygen atoms in total. The van der Waals surface area contributed by atoms with Gasteiger partial charge < -0.3 is 20.8 Å². The van der Waals surface area contributed by atoms with E-state index in [1.54, 1.807) is 48.5 Å². The number of furan rings is 1. The number of anilines is 1. The third-order valence-electron chi connectivity index (χ3n) is 4.23. The normalized spacial score (nSPS) is 10.4. The van der Waals surface area contributed by atoms with E-state index in [1.807, 2.05) is 0 Å². The number of carbonyl (C=O) groups is 3. The third kappa shape index (κ3) is 5.54. The summed E-state index contributed by atoms with van der Waals surface area (Å²) in [7, 11) is 0. The van der Waals surface area contributed by atoms with Crippen LogP contribution in [-0.4, -0.2) is 24.3 Å². The number of hydrogen-bond acceptors (Lipinski definition) is 4. The van der Waals surface area contributed by atoms with Crippen LogP contribution < -0.4 is 16.4 Å². The summed E-state index contributed by atoms with van der Waals surface area (Å²) in [6.07, 6.45) is 0.474. The van der Waals surface area contributed by atoms with Crippen molar-refractivity contribution in [3.05, 3.63) is 77.8 Å². The van der Waals surface area contributed by atoms with E-state index in [4.69, 9.17) is 10.2 Å². The summed E-state index contributed by atoms with van der Waals surface area (Å²) in [5.74, 6) is -0.810. The molecule has 0 bridgehead atoms. The number of amides is 3. The first-order valence-corrected chi connectivity index (χ1v) is 9.22. The largest absolute Gasteiger partial charge is 0.461 e. The Morgan fingerprint density at radius 1 is 1.00 bits per heavy atom. The van der Waals surface area contributed by atoms with Crippen LogP contribution in [-0.2, 0) is 16.0 Å². The second-order valence-electron chi connectivity index (χ2n) is 6.52. The van der Waals surface area contributed by atoms with Crippen LogP contribution in [0.15, 0.2) is 65.1 Å². The van der Waals surface area contributed by atoms with E-state index in [2.05, 4.69) is 10.6 Å². The van der Waals surface area contributed by atoms with E-state index in [0.29, 0.717) is 29.2 Å². The lowest BCUT2D eigenvalue weighted by Gasteiger charge is -2.07. The van der Waals surface area contributed by atoms with Gasteiger partial charge in [0.15, 0.2) is 0 Å². The van der Waals surface area contributed by atoms with Crippen molar-refractivity contribution in [3.8, 4) is 11.3 Å². The van der Waals surface area contributed by atoms with E-state index in [1.165, 1.54) is 12.1 Å². The summed E-state index contributed by atoms with van der Waals surface area (Å²) in [4.78, 5) is 35.0. The van der Waals surface area contributed by atoms with Crippen LogP contribution in [0.1, 0.15) is 22.5 Å². The number of carbonyl (C=O) groups excluding carboxylic acids is 3. The predicted molar refractivity (Wildman–Crippen MR) is 109 cm³/mol. The molecular weight excluding hydrogens is 389 g/mol. The Bertz CT molecular complexity index is 1080. The molecule has 0 radical (unpaired) electrons. The van der Waals surface area contributed by atoms with Crippen molar-refractivity contribution in [2.24, 2.45) is 5.73 Å². The number of benzene rings is 2. The van der Waals surface area contributed by atoms with E-state index >= 15 is 0 Å². The van der Waals surface area contributed by atoms with E-state index < -0.39 is 11.8 Å². The summed E-state index contributed by atoms with van der Waals surface area (Å²) in [6, 6.07) is 16.0. The van der Waals surface area contributed by atoms with Crippen molar-refractivity contribution in [1.82, 2.24) is 5.32 Å². The molecule has 0 spiro atoms. The molecule has 30 heavy (non-hydrogen) atoms. The molecule has 154 valence electrons. The van der Waals surface area contributed by atoms with Gasteiger partial charge in [0.05, 0.1) is 12.1 Å².